The predicted octanol–water partition coefficient (Wildman–Crippen LogP) is 2.47. The quantitative estimate of drug-likeness (QED) is 0.372. The Kier molecular flexibility index (Phi) is 7.58. The van der Waals surface area contributed by atoms with Crippen LogP contribution in [0.2, 0.25) is 0 Å². The minimum Gasteiger partial charge on any atom is -0.379 e. The highest BCUT2D eigenvalue weighted by atomic mass is 16.5. The molecule has 0 aromatic rings. The Morgan fingerprint density at radius 1 is 1.27 bits per heavy atom. The SMILES string of the molecule is CCOC1CC(NC(=NC)NCCCOCC2CCCO2)C12CCCC2. The third-order valence-corrected chi connectivity index (χ3v) is 6.31. The molecule has 0 aromatic heterocycles. The van der Waals surface area contributed by atoms with Crippen LogP contribution in [0.5, 0.6) is 0 Å². The van der Waals surface area contributed by atoms with Gasteiger partial charge in [0, 0.05) is 44.9 Å². The minimum atomic E-state index is 0.317. The molecule has 2 aliphatic carbocycles. The molecule has 6 heteroatoms. The number of nitrogens with zero attached hydrogens (tertiary/aromatic N) is 1. The molecule has 1 spiro atoms. The zero-order valence-electron chi connectivity index (χ0n) is 16.6. The Labute approximate surface area is 158 Å². The molecule has 3 fully saturated rings. The van der Waals surface area contributed by atoms with Gasteiger partial charge in [0.25, 0.3) is 0 Å². The summed E-state index contributed by atoms with van der Waals surface area (Å²) >= 11 is 0. The molecule has 3 rings (SSSR count). The highest BCUT2D eigenvalue weighted by Gasteiger charge is 2.56. The second-order valence-corrected chi connectivity index (χ2v) is 7.88. The lowest BCUT2D eigenvalue weighted by Gasteiger charge is -2.54. The maximum Gasteiger partial charge on any atom is 0.191 e. The fraction of sp³-hybridized carbons (Fsp3) is 0.950. The van der Waals surface area contributed by atoms with Gasteiger partial charge < -0.3 is 24.8 Å². The molecular weight excluding hydrogens is 330 g/mol. The van der Waals surface area contributed by atoms with E-state index in [0.717, 1.165) is 58.2 Å². The van der Waals surface area contributed by atoms with Gasteiger partial charge >= 0.3 is 0 Å². The average molecular weight is 368 g/mol. The molecule has 3 aliphatic rings. The third-order valence-electron chi connectivity index (χ3n) is 6.31. The van der Waals surface area contributed by atoms with Crippen molar-refractivity contribution >= 4 is 5.96 Å². The Morgan fingerprint density at radius 2 is 2.12 bits per heavy atom. The van der Waals surface area contributed by atoms with Crippen LogP contribution in [0.25, 0.3) is 0 Å². The van der Waals surface area contributed by atoms with Gasteiger partial charge in [-0.25, -0.2) is 0 Å². The van der Waals surface area contributed by atoms with E-state index in [1.54, 1.807) is 0 Å². The molecular formula is C20H37N3O3. The van der Waals surface area contributed by atoms with Gasteiger partial charge in [-0.1, -0.05) is 12.8 Å². The first-order valence-corrected chi connectivity index (χ1v) is 10.6. The summed E-state index contributed by atoms with van der Waals surface area (Å²) in [4.78, 5) is 4.41. The van der Waals surface area contributed by atoms with Crippen LogP contribution in [0.15, 0.2) is 4.99 Å². The summed E-state index contributed by atoms with van der Waals surface area (Å²) in [5.74, 6) is 0.912. The number of ether oxygens (including phenoxy) is 3. The van der Waals surface area contributed by atoms with Gasteiger partial charge in [-0.05, 0) is 45.4 Å². The number of guanidine groups is 1. The van der Waals surface area contributed by atoms with Gasteiger partial charge in [-0.3, -0.25) is 4.99 Å². The molecule has 3 unspecified atom stereocenters. The molecule has 1 aliphatic heterocycles. The molecule has 1 saturated heterocycles. The smallest absolute Gasteiger partial charge is 0.191 e. The Morgan fingerprint density at radius 3 is 2.81 bits per heavy atom. The summed E-state index contributed by atoms with van der Waals surface area (Å²) < 4.78 is 17.3. The maximum atomic E-state index is 6.00. The summed E-state index contributed by atoms with van der Waals surface area (Å²) in [5.41, 5.74) is 0.331. The first-order valence-electron chi connectivity index (χ1n) is 10.6. The number of hydrogen-bond acceptors (Lipinski definition) is 4. The van der Waals surface area contributed by atoms with Crippen LogP contribution in [0, 0.1) is 5.41 Å². The van der Waals surface area contributed by atoms with Gasteiger partial charge in [0.2, 0.25) is 0 Å². The van der Waals surface area contributed by atoms with Crippen molar-refractivity contribution in [2.45, 2.75) is 76.5 Å². The lowest BCUT2D eigenvalue weighted by atomic mass is 9.60. The highest BCUT2D eigenvalue weighted by Crippen LogP contribution is 2.54. The molecule has 3 atom stereocenters. The van der Waals surface area contributed by atoms with E-state index in [1.807, 2.05) is 7.05 Å². The lowest BCUT2D eigenvalue weighted by molar-refractivity contribution is -0.125. The van der Waals surface area contributed by atoms with E-state index in [2.05, 4.69) is 22.5 Å². The zero-order valence-corrected chi connectivity index (χ0v) is 16.6. The fourth-order valence-electron chi connectivity index (χ4n) is 4.82. The second kappa shape index (κ2) is 9.90. The van der Waals surface area contributed by atoms with E-state index < -0.39 is 0 Å². The maximum absolute atomic E-state index is 6.00. The molecule has 2 N–H and O–H groups in total. The standard InChI is InChI=1S/C20H37N3O3/c1-3-25-18-14-17(20(18)9-4-5-10-20)23-19(21-2)22-11-7-12-24-15-16-8-6-13-26-16/h16-18H,3-15H2,1-2H3,(H2,21,22,23). The van der Waals surface area contributed by atoms with Gasteiger partial charge in [-0.2, -0.15) is 0 Å². The summed E-state index contributed by atoms with van der Waals surface area (Å²) in [6.45, 7) is 6.19. The fourth-order valence-corrected chi connectivity index (χ4v) is 4.82. The summed E-state index contributed by atoms with van der Waals surface area (Å²) in [5, 5.41) is 7.10. The molecule has 26 heavy (non-hydrogen) atoms. The van der Waals surface area contributed by atoms with Crippen LogP contribution in [0.4, 0.5) is 0 Å². The van der Waals surface area contributed by atoms with Crippen molar-refractivity contribution in [2.75, 3.05) is 40.0 Å². The minimum absolute atomic E-state index is 0.317. The molecule has 0 radical (unpaired) electrons. The van der Waals surface area contributed by atoms with E-state index >= 15 is 0 Å². The van der Waals surface area contributed by atoms with E-state index in [9.17, 15) is 0 Å². The number of rotatable bonds is 9. The van der Waals surface area contributed by atoms with Crippen molar-refractivity contribution < 1.29 is 14.2 Å². The molecule has 2 saturated carbocycles. The van der Waals surface area contributed by atoms with Gasteiger partial charge in [-0.15, -0.1) is 0 Å². The monoisotopic (exact) mass is 367 g/mol. The summed E-state index contributed by atoms with van der Waals surface area (Å²) in [7, 11) is 1.85. The van der Waals surface area contributed by atoms with Crippen LogP contribution in [-0.4, -0.2) is 64.2 Å². The first-order chi connectivity index (χ1) is 12.8. The number of hydrogen-bond donors (Lipinski definition) is 2. The van der Waals surface area contributed by atoms with Crippen molar-refractivity contribution in [2.24, 2.45) is 10.4 Å². The van der Waals surface area contributed by atoms with E-state index in [-0.39, 0.29) is 0 Å². The van der Waals surface area contributed by atoms with Crippen LogP contribution in [0.1, 0.15) is 58.3 Å². The van der Waals surface area contributed by atoms with Gasteiger partial charge in [0.1, 0.15) is 0 Å². The van der Waals surface area contributed by atoms with Crippen LogP contribution < -0.4 is 10.6 Å². The van der Waals surface area contributed by atoms with Gasteiger partial charge in [0.15, 0.2) is 5.96 Å². The molecule has 1 heterocycles. The molecule has 150 valence electrons. The largest absolute Gasteiger partial charge is 0.379 e. The first kappa shape index (κ1) is 19.9. The summed E-state index contributed by atoms with van der Waals surface area (Å²) in [6.07, 6.45) is 10.3. The molecule has 6 nitrogen and oxygen atoms in total. The molecule has 0 aromatic carbocycles. The van der Waals surface area contributed by atoms with Crippen LogP contribution in [-0.2, 0) is 14.2 Å². The number of aliphatic imine (C=N–C) groups is 1. The van der Waals surface area contributed by atoms with E-state index in [4.69, 9.17) is 14.2 Å². The Hall–Kier alpha value is -0.850. The molecule has 0 amide bonds. The van der Waals surface area contributed by atoms with Crippen molar-refractivity contribution in [1.29, 1.82) is 0 Å². The zero-order chi connectivity index (χ0) is 18.2. The van der Waals surface area contributed by atoms with Crippen molar-refractivity contribution in [3.63, 3.8) is 0 Å². The van der Waals surface area contributed by atoms with Gasteiger partial charge in [0.05, 0.1) is 18.8 Å². The topological polar surface area (TPSA) is 64.1 Å². The Balaban J connectivity index is 1.33. The predicted molar refractivity (Wildman–Crippen MR) is 104 cm³/mol. The number of nitrogens with one attached hydrogen (secondary N) is 2. The van der Waals surface area contributed by atoms with E-state index in [1.165, 1.54) is 32.1 Å². The van der Waals surface area contributed by atoms with Crippen molar-refractivity contribution in [3.05, 3.63) is 0 Å². The second-order valence-electron chi connectivity index (χ2n) is 7.88. The van der Waals surface area contributed by atoms with Crippen molar-refractivity contribution in [3.8, 4) is 0 Å². The lowest BCUT2D eigenvalue weighted by Crippen LogP contribution is -2.65. The van der Waals surface area contributed by atoms with E-state index in [0.29, 0.717) is 23.7 Å². The van der Waals surface area contributed by atoms with Crippen LogP contribution in [0.3, 0.4) is 0 Å². The van der Waals surface area contributed by atoms with Crippen LogP contribution >= 0.6 is 0 Å². The molecule has 0 bridgehead atoms. The Bertz CT molecular complexity index is 446. The van der Waals surface area contributed by atoms with Crippen molar-refractivity contribution in [1.82, 2.24) is 10.6 Å². The third kappa shape index (κ3) is 4.70. The summed E-state index contributed by atoms with van der Waals surface area (Å²) in [6, 6.07) is 0.489. The normalized spacial score (nSPS) is 30.5. The average Bonchev–Trinajstić information content (AvgIpc) is 3.35. The highest BCUT2D eigenvalue weighted by molar-refractivity contribution is 5.80.